The van der Waals surface area contributed by atoms with Gasteiger partial charge in [0.25, 0.3) is 0 Å². The molecule has 0 aromatic heterocycles. The predicted molar refractivity (Wildman–Crippen MR) is 71.9 cm³/mol. The highest BCUT2D eigenvalue weighted by Crippen LogP contribution is 2.33. The lowest BCUT2D eigenvalue weighted by molar-refractivity contribution is -0.141. The third-order valence-electron chi connectivity index (χ3n) is 3.81. The SMILES string of the molecule is CCCC1(C(=O)N(CC)CC(C)C#N)CCNC1. The first-order valence-electron chi connectivity index (χ1n) is 6.99. The largest absolute Gasteiger partial charge is 0.341 e. The van der Waals surface area contributed by atoms with Crippen LogP contribution in [0.1, 0.15) is 40.0 Å². The lowest BCUT2D eigenvalue weighted by Gasteiger charge is -2.33. The van der Waals surface area contributed by atoms with Crippen molar-refractivity contribution >= 4 is 5.91 Å². The number of hydrogen-bond acceptors (Lipinski definition) is 3. The zero-order valence-corrected chi connectivity index (χ0v) is 11.8. The maximum absolute atomic E-state index is 12.7. The molecule has 4 nitrogen and oxygen atoms in total. The normalized spacial score (nSPS) is 24.6. The van der Waals surface area contributed by atoms with Crippen LogP contribution in [0.15, 0.2) is 0 Å². The van der Waals surface area contributed by atoms with Crippen LogP contribution in [0.2, 0.25) is 0 Å². The van der Waals surface area contributed by atoms with Crippen molar-refractivity contribution in [2.24, 2.45) is 11.3 Å². The Hall–Kier alpha value is -1.08. The molecule has 4 heteroatoms. The van der Waals surface area contributed by atoms with E-state index in [1.807, 2.05) is 18.7 Å². The molecular formula is C14H25N3O. The molecule has 0 aromatic rings. The average molecular weight is 251 g/mol. The summed E-state index contributed by atoms with van der Waals surface area (Å²) in [4.78, 5) is 14.6. The highest BCUT2D eigenvalue weighted by atomic mass is 16.2. The van der Waals surface area contributed by atoms with E-state index in [2.05, 4.69) is 18.3 Å². The molecule has 1 rings (SSSR count). The van der Waals surface area contributed by atoms with Crippen molar-refractivity contribution < 1.29 is 4.79 Å². The Morgan fingerprint density at radius 2 is 2.28 bits per heavy atom. The number of carbonyl (C=O) groups excluding carboxylic acids is 1. The van der Waals surface area contributed by atoms with Gasteiger partial charge in [-0.05, 0) is 33.2 Å². The van der Waals surface area contributed by atoms with E-state index >= 15 is 0 Å². The first kappa shape index (κ1) is 15.0. The second kappa shape index (κ2) is 6.75. The van der Waals surface area contributed by atoms with Crippen LogP contribution in [0, 0.1) is 22.7 Å². The molecular weight excluding hydrogens is 226 g/mol. The number of amides is 1. The van der Waals surface area contributed by atoms with Gasteiger partial charge in [-0.25, -0.2) is 0 Å². The molecule has 0 aliphatic carbocycles. The van der Waals surface area contributed by atoms with Gasteiger partial charge >= 0.3 is 0 Å². The van der Waals surface area contributed by atoms with Gasteiger partial charge in [0.1, 0.15) is 0 Å². The summed E-state index contributed by atoms with van der Waals surface area (Å²) in [5.74, 6) is 0.140. The van der Waals surface area contributed by atoms with Crippen molar-refractivity contribution in [3.8, 4) is 6.07 Å². The van der Waals surface area contributed by atoms with E-state index in [0.717, 1.165) is 32.4 Å². The van der Waals surface area contributed by atoms with Crippen LogP contribution in [-0.4, -0.2) is 37.0 Å². The molecule has 1 fully saturated rings. The Balaban J connectivity index is 2.77. The number of nitriles is 1. The van der Waals surface area contributed by atoms with Crippen molar-refractivity contribution in [2.45, 2.75) is 40.0 Å². The van der Waals surface area contributed by atoms with E-state index in [9.17, 15) is 4.79 Å². The molecule has 2 atom stereocenters. The molecule has 0 spiro atoms. The Kier molecular flexibility index (Phi) is 5.61. The molecule has 1 aliphatic heterocycles. The Bertz CT molecular complexity index is 315. The molecule has 102 valence electrons. The minimum Gasteiger partial charge on any atom is -0.341 e. The Morgan fingerprint density at radius 3 is 2.72 bits per heavy atom. The molecule has 0 saturated carbocycles. The summed E-state index contributed by atoms with van der Waals surface area (Å²) in [6, 6.07) is 2.21. The summed E-state index contributed by atoms with van der Waals surface area (Å²) in [6.45, 7) is 8.95. The first-order chi connectivity index (χ1) is 8.59. The summed E-state index contributed by atoms with van der Waals surface area (Å²) in [6.07, 6.45) is 2.89. The number of hydrogen-bond donors (Lipinski definition) is 1. The minimum absolute atomic E-state index is 0.0954. The van der Waals surface area contributed by atoms with Crippen LogP contribution in [-0.2, 0) is 4.79 Å². The smallest absolute Gasteiger partial charge is 0.230 e. The van der Waals surface area contributed by atoms with Crippen LogP contribution in [0.25, 0.3) is 0 Å². The predicted octanol–water partition coefficient (Wildman–Crippen LogP) is 1.77. The minimum atomic E-state index is -0.222. The Labute approximate surface area is 110 Å². The average Bonchev–Trinajstić information content (AvgIpc) is 2.85. The summed E-state index contributed by atoms with van der Waals surface area (Å²) in [7, 11) is 0. The molecule has 1 saturated heterocycles. The van der Waals surface area contributed by atoms with E-state index < -0.39 is 0 Å². The second-order valence-electron chi connectivity index (χ2n) is 5.33. The highest BCUT2D eigenvalue weighted by Gasteiger charge is 2.42. The van der Waals surface area contributed by atoms with Crippen molar-refractivity contribution in [3.05, 3.63) is 0 Å². The van der Waals surface area contributed by atoms with Gasteiger partial charge in [-0.15, -0.1) is 0 Å². The van der Waals surface area contributed by atoms with E-state index in [-0.39, 0.29) is 17.2 Å². The molecule has 1 heterocycles. The van der Waals surface area contributed by atoms with Crippen LogP contribution in [0.5, 0.6) is 0 Å². The summed E-state index contributed by atoms with van der Waals surface area (Å²) < 4.78 is 0. The molecule has 1 aliphatic rings. The van der Waals surface area contributed by atoms with Gasteiger partial charge in [0.05, 0.1) is 17.4 Å². The monoisotopic (exact) mass is 251 g/mol. The summed E-state index contributed by atoms with van der Waals surface area (Å²) in [5, 5.41) is 12.2. The summed E-state index contributed by atoms with van der Waals surface area (Å²) >= 11 is 0. The molecule has 18 heavy (non-hydrogen) atoms. The van der Waals surface area contributed by atoms with Gasteiger partial charge in [-0.3, -0.25) is 4.79 Å². The molecule has 0 aromatic carbocycles. The van der Waals surface area contributed by atoms with Gasteiger partial charge in [0.15, 0.2) is 0 Å². The van der Waals surface area contributed by atoms with Gasteiger partial charge in [0, 0.05) is 19.6 Å². The standard InChI is InChI=1S/C14H25N3O/c1-4-6-14(7-8-16-11-14)13(18)17(5-2)10-12(3)9-15/h12,16H,4-8,10-11H2,1-3H3. The highest BCUT2D eigenvalue weighted by molar-refractivity contribution is 5.83. The van der Waals surface area contributed by atoms with E-state index in [4.69, 9.17) is 5.26 Å². The number of carbonyl (C=O) groups is 1. The molecule has 1 N–H and O–H groups in total. The zero-order valence-electron chi connectivity index (χ0n) is 11.8. The zero-order chi connectivity index (χ0) is 13.6. The maximum atomic E-state index is 12.7. The van der Waals surface area contributed by atoms with Crippen LogP contribution >= 0.6 is 0 Å². The van der Waals surface area contributed by atoms with Crippen LogP contribution < -0.4 is 5.32 Å². The quantitative estimate of drug-likeness (QED) is 0.783. The van der Waals surface area contributed by atoms with Crippen molar-refractivity contribution in [1.82, 2.24) is 10.2 Å². The first-order valence-corrected chi connectivity index (χ1v) is 6.99. The van der Waals surface area contributed by atoms with Crippen molar-refractivity contribution in [2.75, 3.05) is 26.2 Å². The fourth-order valence-corrected chi connectivity index (χ4v) is 2.79. The van der Waals surface area contributed by atoms with E-state index in [1.54, 1.807) is 0 Å². The topological polar surface area (TPSA) is 56.1 Å². The molecule has 2 unspecified atom stereocenters. The van der Waals surface area contributed by atoms with Crippen molar-refractivity contribution in [1.29, 1.82) is 5.26 Å². The third-order valence-corrected chi connectivity index (χ3v) is 3.81. The lowest BCUT2D eigenvalue weighted by Crippen LogP contribution is -2.46. The van der Waals surface area contributed by atoms with E-state index in [1.165, 1.54) is 0 Å². The van der Waals surface area contributed by atoms with Gasteiger partial charge in [-0.2, -0.15) is 5.26 Å². The number of nitrogens with one attached hydrogen (secondary N) is 1. The van der Waals surface area contributed by atoms with Crippen LogP contribution in [0.4, 0.5) is 0 Å². The Morgan fingerprint density at radius 1 is 1.56 bits per heavy atom. The van der Waals surface area contributed by atoms with Gasteiger partial charge in [-0.1, -0.05) is 13.3 Å². The van der Waals surface area contributed by atoms with E-state index in [0.29, 0.717) is 13.1 Å². The second-order valence-corrected chi connectivity index (χ2v) is 5.33. The van der Waals surface area contributed by atoms with Gasteiger partial charge < -0.3 is 10.2 Å². The molecule has 0 radical (unpaired) electrons. The maximum Gasteiger partial charge on any atom is 0.230 e. The van der Waals surface area contributed by atoms with Gasteiger partial charge in [0.2, 0.25) is 5.91 Å². The third kappa shape index (κ3) is 3.23. The fraction of sp³-hybridized carbons (Fsp3) is 0.857. The molecule has 0 bridgehead atoms. The van der Waals surface area contributed by atoms with Crippen LogP contribution in [0.3, 0.4) is 0 Å². The summed E-state index contributed by atoms with van der Waals surface area (Å²) in [5.41, 5.74) is -0.222. The lowest BCUT2D eigenvalue weighted by atomic mass is 9.81. The molecule has 1 amide bonds. The fourth-order valence-electron chi connectivity index (χ4n) is 2.79. The number of nitrogens with zero attached hydrogens (tertiary/aromatic N) is 2. The van der Waals surface area contributed by atoms with Crippen molar-refractivity contribution in [3.63, 3.8) is 0 Å². The number of rotatable bonds is 6.